The van der Waals surface area contributed by atoms with Gasteiger partial charge in [-0.2, -0.15) is 0 Å². The number of benzene rings is 1. The summed E-state index contributed by atoms with van der Waals surface area (Å²) in [6.07, 6.45) is 17.7. The summed E-state index contributed by atoms with van der Waals surface area (Å²) in [7, 11) is 0. The molecule has 1 aromatic heterocycles. The van der Waals surface area contributed by atoms with Gasteiger partial charge < -0.3 is 0 Å². The van der Waals surface area contributed by atoms with Crippen LogP contribution >= 0.6 is 0 Å². The molecule has 33 heavy (non-hydrogen) atoms. The van der Waals surface area contributed by atoms with Crippen LogP contribution in [0, 0.1) is 6.92 Å². The molecule has 0 atom stereocenters. The standard InChI is InChI=1S/C32H39N/c1-22-11-7-8-12-25(22)24-13-14-29(33-21-24)32(15-9-10-16-32)26-20-28-27(19-23(26)2)30(3,4)17-18-31(28,5)6/h12-14,17-21H,1,7-11,15-16H2,2-6H3. The Morgan fingerprint density at radius 1 is 0.848 bits per heavy atom. The molecule has 1 aromatic carbocycles. The van der Waals surface area contributed by atoms with E-state index in [0.29, 0.717) is 0 Å². The van der Waals surface area contributed by atoms with Crippen LogP contribution in [0.4, 0.5) is 0 Å². The first kappa shape index (κ1) is 22.4. The third kappa shape index (κ3) is 3.65. The van der Waals surface area contributed by atoms with E-state index < -0.39 is 0 Å². The molecule has 0 bridgehead atoms. The Hall–Kier alpha value is -2.41. The van der Waals surface area contributed by atoms with E-state index in [0.717, 1.165) is 12.8 Å². The van der Waals surface area contributed by atoms with Crippen molar-refractivity contribution >= 4 is 5.57 Å². The Labute approximate surface area is 200 Å². The summed E-state index contributed by atoms with van der Waals surface area (Å²) in [5.74, 6) is 0. The fourth-order valence-electron chi connectivity index (χ4n) is 6.53. The van der Waals surface area contributed by atoms with E-state index >= 15 is 0 Å². The van der Waals surface area contributed by atoms with E-state index in [4.69, 9.17) is 4.98 Å². The summed E-state index contributed by atoms with van der Waals surface area (Å²) in [4.78, 5) is 5.14. The molecule has 1 fully saturated rings. The van der Waals surface area contributed by atoms with E-state index in [1.165, 1.54) is 76.8 Å². The highest BCUT2D eigenvalue weighted by molar-refractivity contribution is 5.78. The molecule has 172 valence electrons. The normalized spacial score (nSPS) is 22.7. The first-order valence-electron chi connectivity index (χ1n) is 12.9. The predicted molar refractivity (Wildman–Crippen MR) is 141 cm³/mol. The summed E-state index contributed by atoms with van der Waals surface area (Å²) < 4.78 is 0. The fraction of sp³-hybridized carbons (Fsp3) is 0.469. The molecular formula is C32H39N. The Morgan fingerprint density at radius 2 is 1.52 bits per heavy atom. The molecule has 0 amide bonds. The zero-order valence-electron chi connectivity index (χ0n) is 21.2. The van der Waals surface area contributed by atoms with E-state index in [2.05, 4.69) is 89.9 Å². The van der Waals surface area contributed by atoms with Gasteiger partial charge in [0.2, 0.25) is 0 Å². The molecule has 3 aliphatic rings. The third-order valence-corrected chi connectivity index (χ3v) is 8.62. The maximum Gasteiger partial charge on any atom is 0.0509 e. The molecule has 0 radical (unpaired) electrons. The van der Waals surface area contributed by atoms with Crippen molar-refractivity contribution in [3.8, 4) is 0 Å². The molecule has 3 aliphatic carbocycles. The molecule has 1 heteroatoms. The first-order chi connectivity index (χ1) is 15.6. The average molecular weight is 438 g/mol. The summed E-state index contributed by atoms with van der Waals surface area (Å²) in [5, 5.41) is 0. The van der Waals surface area contributed by atoms with Crippen LogP contribution in [0.3, 0.4) is 0 Å². The largest absolute Gasteiger partial charge is 0.260 e. The number of fused-ring (bicyclic) bond motifs is 1. The maximum absolute atomic E-state index is 5.14. The van der Waals surface area contributed by atoms with Crippen molar-refractivity contribution in [1.29, 1.82) is 0 Å². The molecule has 1 saturated carbocycles. The van der Waals surface area contributed by atoms with Crippen LogP contribution in [0.15, 0.2) is 60.8 Å². The number of pyridine rings is 1. The second-order valence-electron chi connectivity index (χ2n) is 11.8. The molecule has 1 heterocycles. The van der Waals surface area contributed by atoms with Crippen molar-refractivity contribution in [1.82, 2.24) is 4.98 Å². The van der Waals surface area contributed by atoms with Gasteiger partial charge in [-0.1, -0.05) is 83.5 Å². The van der Waals surface area contributed by atoms with Crippen LogP contribution in [-0.4, -0.2) is 4.98 Å². The van der Waals surface area contributed by atoms with E-state index in [-0.39, 0.29) is 16.2 Å². The minimum absolute atomic E-state index is 0.0248. The number of hydrogen-bond donors (Lipinski definition) is 0. The quantitative estimate of drug-likeness (QED) is 0.439. The molecule has 1 nitrogen and oxygen atoms in total. The lowest BCUT2D eigenvalue weighted by molar-refractivity contribution is 0.507. The van der Waals surface area contributed by atoms with Crippen LogP contribution in [0.5, 0.6) is 0 Å². The molecule has 5 rings (SSSR count). The monoisotopic (exact) mass is 437 g/mol. The van der Waals surface area contributed by atoms with Gasteiger partial charge in [0.1, 0.15) is 0 Å². The van der Waals surface area contributed by atoms with Crippen molar-refractivity contribution in [3.63, 3.8) is 0 Å². The van der Waals surface area contributed by atoms with Gasteiger partial charge in [-0.15, -0.1) is 0 Å². The second-order valence-corrected chi connectivity index (χ2v) is 11.8. The molecule has 0 spiro atoms. The SMILES string of the molecule is C=C1CCCC=C1c1ccc(C2(c3cc4c(cc3C)C(C)(C)C=CC4(C)C)CCCC2)nc1. The Kier molecular flexibility index (Phi) is 5.31. The molecular weight excluding hydrogens is 398 g/mol. The van der Waals surface area contributed by atoms with Gasteiger partial charge in [-0.05, 0) is 84.1 Å². The van der Waals surface area contributed by atoms with Gasteiger partial charge in [0.25, 0.3) is 0 Å². The van der Waals surface area contributed by atoms with Crippen LogP contribution in [-0.2, 0) is 16.2 Å². The number of nitrogens with zero attached hydrogens (tertiary/aromatic N) is 1. The summed E-state index contributed by atoms with van der Waals surface area (Å²) in [5.41, 5.74) is 11.1. The van der Waals surface area contributed by atoms with Crippen LogP contribution < -0.4 is 0 Å². The Bertz CT molecular complexity index is 1150. The van der Waals surface area contributed by atoms with Gasteiger partial charge in [0, 0.05) is 22.4 Å². The highest BCUT2D eigenvalue weighted by atomic mass is 14.7. The lowest BCUT2D eigenvalue weighted by Crippen LogP contribution is -2.32. The van der Waals surface area contributed by atoms with Gasteiger partial charge in [-0.3, -0.25) is 4.98 Å². The molecule has 0 N–H and O–H groups in total. The van der Waals surface area contributed by atoms with E-state index in [1.54, 1.807) is 0 Å². The average Bonchev–Trinajstić information content (AvgIpc) is 3.28. The second kappa shape index (κ2) is 7.83. The van der Waals surface area contributed by atoms with Crippen LogP contribution in [0.25, 0.3) is 5.57 Å². The lowest BCUT2D eigenvalue weighted by atomic mass is 9.64. The minimum Gasteiger partial charge on any atom is -0.260 e. The smallest absolute Gasteiger partial charge is 0.0509 e. The van der Waals surface area contributed by atoms with Crippen LogP contribution in [0.1, 0.15) is 106 Å². The van der Waals surface area contributed by atoms with Gasteiger partial charge in [0.05, 0.1) is 5.69 Å². The fourth-order valence-corrected chi connectivity index (χ4v) is 6.53. The number of rotatable bonds is 3. The Balaban J connectivity index is 1.62. The zero-order chi connectivity index (χ0) is 23.4. The van der Waals surface area contributed by atoms with Crippen molar-refractivity contribution < 1.29 is 0 Å². The number of aryl methyl sites for hydroxylation is 1. The maximum atomic E-state index is 5.14. The van der Waals surface area contributed by atoms with Crippen molar-refractivity contribution in [2.45, 2.75) is 95.8 Å². The molecule has 0 unspecified atom stereocenters. The minimum atomic E-state index is 0.0248. The third-order valence-electron chi connectivity index (χ3n) is 8.62. The van der Waals surface area contributed by atoms with Gasteiger partial charge in [-0.25, -0.2) is 0 Å². The van der Waals surface area contributed by atoms with Gasteiger partial charge in [0.15, 0.2) is 0 Å². The van der Waals surface area contributed by atoms with Gasteiger partial charge >= 0.3 is 0 Å². The predicted octanol–water partition coefficient (Wildman–Crippen LogP) is 8.50. The van der Waals surface area contributed by atoms with Crippen molar-refractivity contribution in [3.05, 3.63) is 94.4 Å². The number of aromatic nitrogens is 1. The zero-order valence-corrected chi connectivity index (χ0v) is 21.2. The van der Waals surface area contributed by atoms with Crippen LogP contribution in [0.2, 0.25) is 0 Å². The molecule has 2 aromatic rings. The topological polar surface area (TPSA) is 12.9 Å². The van der Waals surface area contributed by atoms with E-state index in [9.17, 15) is 0 Å². The number of allylic oxidation sites excluding steroid dienone is 5. The Morgan fingerprint density at radius 3 is 2.12 bits per heavy atom. The van der Waals surface area contributed by atoms with E-state index in [1.807, 2.05) is 0 Å². The number of hydrogen-bond acceptors (Lipinski definition) is 1. The van der Waals surface area contributed by atoms with Crippen molar-refractivity contribution in [2.24, 2.45) is 0 Å². The summed E-state index contributed by atoms with van der Waals surface area (Å²) >= 11 is 0. The highest BCUT2D eigenvalue weighted by Crippen LogP contribution is 2.50. The first-order valence-corrected chi connectivity index (χ1v) is 12.9. The highest BCUT2D eigenvalue weighted by Gasteiger charge is 2.42. The van der Waals surface area contributed by atoms with Crippen molar-refractivity contribution in [2.75, 3.05) is 0 Å². The molecule has 0 aliphatic heterocycles. The molecule has 0 saturated heterocycles. The summed E-state index contributed by atoms with van der Waals surface area (Å²) in [6, 6.07) is 9.66. The summed E-state index contributed by atoms with van der Waals surface area (Å²) in [6.45, 7) is 16.0. The lowest BCUT2D eigenvalue weighted by Gasteiger charge is -2.40.